The highest BCUT2D eigenvalue weighted by molar-refractivity contribution is 9.10. The summed E-state index contributed by atoms with van der Waals surface area (Å²) in [5.74, 6) is -0.0947. The summed E-state index contributed by atoms with van der Waals surface area (Å²) < 4.78 is 2.68. The van der Waals surface area contributed by atoms with Crippen molar-refractivity contribution in [1.29, 1.82) is 0 Å². The summed E-state index contributed by atoms with van der Waals surface area (Å²) in [6.45, 7) is 1.14. The Labute approximate surface area is 174 Å². The van der Waals surface area contributed by atoms with Gasteiger partial charge < -0.3 is 4.90 Å². The van der Waals surface area contributed by atoms with E-state index < -0.39 is 6.04 Å². The predicted octanol–water partition coefficient (Wildman–Crippen LogP) is 3.39. The minimum absolute atomic E-state index is 0.0959. The zero-order valence-electron chi connectivity index (χ0n) is 14.9. The van der Waals surface area contributed by atoms with Crippen LogP contribution in [0.3, 0.4) is 0 Å². The number of carbonyl (C=O) groups is 2. The monoisotopic (exact) mass is 459 g/mol. The van der Waals surface area contributed by atoms with E-state index in [1.807, 2.05) is 35.7 Å². The molecule has 144 valence electrons. The van der Waals surface area contributed by atoms with E-state index in [0.29, 0.717) is 24.4 Å². The van der Waals surface area contributed by atoms with Gasteiger partial charge in [0.2, 0.25) is 11.9 Å². The van der Waals surface area contributed by atoms with Crippen LogP contribution >= 0.6 is 27.3 Å². The molecule has 1 N–H and O–H groups in total. The number of nitrogens with one attached hydrogen (secondary N) is 1. The zero-order chi connectivity index (χ0) is 19.5. The van der Waals surface area contributed by atoms with Crippen molar-refractivity contribution in [1.82, 2.24) is 19.7 Å². The van der Waals surface area contributed by atoms with Crippen molar-refractivity contribution < 1.29 is 9.59 Å². The Hall–Kier alpha value is -2.52. The van der Waals surface area contributed by atoms with Crippen molar-refractivity contribution in [3.8, 4) is 0 Å². The molecule has 0 saturated carbocycles. The number of rotatable bonds is 5. The first kappa shape index (κ1) is 18.8. The van der Waals surface area contributed by atoms with Gasteiger partial charge in [-0.05, 0) is 42.0 Å². The second kappa shape index (κ2) is 8.24. The molecule has 0 unspecified atom stereocenters. The molecule has 2 aromatic heterocycles. The number of aromatic nitrogens is 3. The van der Waals surface area contributed by atoms with E-state index in [9.17, 15) is 9.59 Å². The molecule has 3 aromatic rings. The van der Waals surface area contributed by atoms with Gasteiger partial charge >= 0.3 is 0 Å². The minimum Gasteiger partial charge on any atom is -0.326 e. The zero-order valence-corrected chi connectivity index (χ0v) is 17.3. The highest BCUT2D eigenvalue weighted by Gasteiger charge is 2.35. The number of amides is 2. The van der Waals surface area contributed by atoms with E-state index in [1.54, 1.807) is 22.0 Å². The first-order valence-corrected chi connectivity index (χ1v) is 10.6. The number of nitrogens with zero attached hydrogens (tertiary/aromatic N) is 4. The molecule has 3 heterocycles. The number of hydrogen-bond acceptors (Lipinski definition) is 5. The number of thiophene rings is 1. The van der Waals surface area contributed by atoms with E-state index in [0.717, 1.165) is 16.5 Å². The molecule has 0 aliphatic carbocycles. The maximum absolute atomic E-state index is 12.7. The fraction of sp³-hybridized carbons (Fsp3) is 0.263. The normalized spacial score (nSPS) is 16.3. The van der Waals surface area contributed by atoms with Gasteiger partial charge in [0.05, 0.1) is 11.4 Å². The smallest absolute Gasteiger partial charge is 0.264 e. The van der Waals surface area contributed by atoms with Crippen LogP contribution in [0.25, 0.3) is 0 Å². The molecule has 0 spiro atoms. The van der Waals surface area contributed by atoms with E-state index in [-0.39, 0.29) is 17.8 Å². The lowest BCUT2D eigenvalue weighted by molar-refractivity contribution is -0.119. The molecule has 1 atom stereocenters. The van der Waals surface area contributed by atoms with Crippen LogP contribution in [0.5, 0.6) is 0 Å². The first-order valence-electron chi connectivity index (χ1n) is 8.89. The van der Waals surface area contributed by atoms with Crippen molar-refractivity contribution >= 4 is 45.0 Å². The molecule has 28 heavy (non-hydrogen) atoms. The van der Waals surface area contributed by atoms with Crippen LogP contribution in [-0.4, -0.2) is 44.1 Å². The highest BCUT2D eigenvalue weighted by atomic mass is 79.9. The summed E-state index contributed by atoms with van der Waals surface area (Å²) in [6.07, 6.45) is 3.03. The van der Waals surface area contributed by atoms with Gasteiger partial charge in [0, 0.05) is 11.0 Å². The third-order valence-corrected chi connectivity index (χ3v) is 5.96. The Morgan fingerprint density at radius 2 is 2.07 bits per heavy atom. The topological polar surface area (TPSA) is 80.1 Å². The second-order valence-corrected chi connectivity index (χ2v) is 8.38. The Bertz CT molecular complexity index is 971. The van der Waals surface area contributed by atoms with Crippen molar-refractivity contribution in [3.63, 3.8) is 0 Å². The Kier molecular flexibility index (Phi) is 5.54. The molecule has 0 radical (unpaired) electrons. The number of halogens is 1. The van der Waals surface area contributed by atoms with Gasteiger partial charge in [0.25, 0.3) is 5.91 Å². The lowest BCUT2D eigenvalue weighted by Gasteiger charge is -2.22. The molecule has 1 saturated heterocycles. The summed E-state index contributed by atoms with van der Waals surface area (Å²) >= 11 is 4.80. The average molecular weight is 460 g/mol. The molecule has 1 aliphatic heterocycles. The van der Waals surface area contributed by atoms with Gasteiger partial charge in [0.1, 0.15) is 12.4 Å². The largest absolute Gasteiger partial charge is 0.326 e. The Morgan fingerprint density at radius 1 is 1.25 bits per heavy atom. The van der Waals surface area contributed by atoms with Crippen LogP contribution in [0.4, 0.5) is 5.95 Å². The predicted molar refractivity (Wildman–Crippen MR) is 110 cm³/mol. The average Bonchev–Trinajstić information content (AvgIpc) is 3.45. The molecule has 7 nitrogen and oxygen atoms in total. The van der Waals surface area contributed by atoms with Crippen LogP contribution in [0.2, 0.25) is 0 Å². The van der Waals surface area contributed by atoms with Crippen LogP contribution < -0.4 is 5.32 Å². The van der Waals surface area contributed by atoms with E-state index in [2.05, 4.69) is 31.3 Å². The van der Waals surface area contributed by atoms with Crippen LogP contribution in [0.1, 0.15) is 28.1 Å². The Morgan fingerprint density at radius 3 is 2.82 bits per heavy atom. The number of benzene rings is 1. The molecule has 0 bridgehead atoms. The maximum atomic E-state index is 12.7. The molecular weight excluding hydrogens is 442 g/mol. The van der Waals surface area contributed by atoms with E-state index >= 15 is 0 Å². The quantitative estimate of drug-likeness (QED) is 0.633. The molecular formula is C19H18BrN5O2S. The molecule has 2 amide bonds. The van der Waals surface area contributed by atoms with Gasteiger partial charge in [0.15, 0.2) is 0 Å². The molecule has 1 aliphatic rings. The van der Waals surface area contributed by atoms with Crippen molar-refractivity contribution in [2.75, 3.05) is 11.9 Å². The van der Waals surface area contributed by atoms with Gasteiger partial charge in [-0.1, -0.05) is 34.1 Å². The first-order chi connectivity index (χ1) is 13.6. The summed E-state index contributed by atoms with van der Waals surface area (Å²) in [5.41, 5.74) is 1.08. The Balaban J connectivity index is 1.40. The highest BCUT2D eigenvalue weighted by Crippen LogP contribution is 2.23. The summed E-state index contributed by atoms with van der Waals surface area (Å²) in [5, 5.41) is 8.93. The van der Waals surface area contributed by atoms with E-state index in [1.165, 1.54) is 11.3 Å². The van der Waals surface area contributed by atoms with Crippen LogP contribution in [0, 0.1) is 0 Å². The fourth-order valence-electron chi connectivity index (χ4n) is 3.22. The maximum Gasteiger partial charge on any atom is 0.264 e. The van der Waals surface area contributed by atoms with Gasteiger partial charge in [-0.15, -0.1) is 16.4 Å². The molecule has 9 heteroatoms. The van der Waals surface area contributed by atoms with Gasteiger partial charge in [-0.2, -0.15) is 0 Å². The lowest BCUT2D eigenvalue weighted by atomic mass is 10.2. The summed E-state index contributed by atoms with van der Waals surface area (Å²) in [7, 11) is 0. The van der Waals surface area contributed by atoms with Crippen LogP contribution in [0.15, 0.2) is 52.6 Å². The number of likely N-dealkylation sites (tertiary alicyclic amines) is 1. The van der Waals surface area contributed by atoms with Gasteiger partial charge in [-0.3, -0.25) is 14.9 Å². The van der Waals surface area contributed by atoms with Crippen molar-refractivity contribution in [2.24, 2.45) is 0 Å². The summed E-state index contributed by atoms with van der Waals surface area (Å²) in [6, 6.07) is 11.1. The van der Waals surface area contributed by atoms with E-state index in [4.69, 9.17) is 0 Å². The van der Waals surface area contributed by atoms with Crippen molar-refractivity contribution in [2.45, 2.75) is 25.4 Å². The summed E-state index contributed by atoms with van der Waals surface area (Å²) in [4.78, 5) is 31.8. The number of carbonyl (C=O) groups excluding carboxylic acids is 2. The van der Waals surface area contributed by atoms with Crippen molar-refractivity contribution in [3.05, 3.63) is 63.0 Å². The SMILES string of the molecule is O=C(Nc1ncn(Cc2ccc(Br)cc2)n1)[C@@H]1CCCN1C(=O)c1cccs1. The second-order valence-electron chi connectivity index (χ2n) is 6.52. The fourth-order valence-corrected chi connectivity index (χ4v) is 4.17. The minimum atomic E-state index is -0.493. The molecule has 1 aromatic carbocycles. The lowest BCUT2D eigenvalue weighted by Crippen LogP contribution is -2.43. The third kappa shape index (κ3) is 4.15. The number of anilines is 1. The standard InChI is InChI=1S/C19H18BrN5O2S/c20-14-7-5-13(6-8-14)11-24-12-21-19(23-24)22-17(26)15-3-1-9-25(15)18(27)16-4-2-10-28-16/h2,4-8,10,12,15H,1,3,9,11H2,(H,22,23,26)/t15-/m0/s1. The van der Waals surface area contributed by atoms with Crippen LogP contribution in [-0.2, 0) is 11.3 Å². The number of hydrogen-bond donors (Lipinski definition) is 1. The third-order valence-electron chi connectivity index (χ3n) is 4.58. The molecule has 1 fully saturated rings. The van der Waals surface area contributed by atoms with Gasteiger partial charge in [-0.25, -0.2) is 9.67 Å². The molecule has 4 rings (SSSR count).